The third-order valence-corrected chi connectivity index (χ3v) is 6.27. The highest BCUT2D eigenvalue weighted by atomic mass is 16.3. The van der Waals surface area contributed by atoms with Gasteiger partial charge in [0, 0.05) is 53.9 Å². The standard InChI is InChI=1S/C21H23NO.C15H13NO2/c1-4-17-7-12-19(13-8-17)21(23)16-11-18-9-14-20(15-10-18)22(5-2)6-3;17-14-8-4-7-13(11-14)16-10-9-15(18)12-5-2-1-3-6-12/h4,7-16H,1,5-6H2,2-3H3;1-11,16-17H/b16-11+;10-9+. The van der Waals surface area contributed by atoms with Gasteiger partial charge in [0.05, 0.1) is 0 Å². The quantitative estimate of drug-likeness (QED) is 0.147. The molecule has 0 amide bonds. The van der Waals surface area contributed by atoms with Gasteiger partial charge < -0.3 is 15.3 Å². The molecule has 41 heavy (non-hydrogen) atoms. The molecule has 0 unspecified atom stereocenters. The fraction of sp³-hybridized carbons (Fsp3) is 0.111. The van der Waals surface area contributed by atoms with Crippen molar-refractivity contribution in [3.63, 3.8) is 0 Å². The summed E-state index contributed by atoms with van der Waals surface area (Å²) >= 11 is 0. The van der Waals surface area contributed by atoms with Gasteiger partial charge in [0.2, 0.25) is 0 Å². The fourth-order valence-electron chi connectivity index (χ4n) is 3.94. The van der Waals surface area contributed by atoms with Crippen molar-refractivity contribution in [3.8, 4) is 5.75 Å². The first-order valence-electron chi connectivity index (χ1n) is 13.5. The largest absolute Gasteiger partial charge is 0.508 e. The molecule has 208 valence electrons. The van der Waals surface area contributed by atoms with E-state index in [4.69, 9.17) is 0 Å². The summed E-state index contributed by atoms with van der Waals surface area (Å²) in [5.74, 6) is 0.125. The number of phenolic OH excluding ortho intramolecular Hbond substituents is 1. The number of hydrogen-bond donors (Lipinski definition) is 2. The van der Waals surface area contributed by atoms with Crippen LogP contribution in [0.2, 0.25) is 0 Å². The minimum atomic E-state index is -0.0664. The van der Waals surface area contributed by atoms with Crippen molar-refractivity contribution < 1.29 is 14.7 Å². The van der Waals surface area contributed by atoms with Crippen molar-refractivity contribution in [2.24, 2.45) is 0 Å². The van der Waals surface area contributed by atoms with Crippen molar-refractivity contribution in [2.75, 3.05) is 23.3 Å². The summed E-state index contributed by atoms with van der Waals surface area (Å²) in [5, 5.41) is 12.2. The number of rotatable bonds is 11. The molecule has 0 aromatic heterocycles. The number of phenols is 1. The Hall–Kier alpha value is -5.16. The lowest BCUT2D eigenvalue weighted by atomic mass is 10.1. The molecular weight excluding hydrogens is 508 g/mol. The summed E-state index contributed by atoms with van der Waals surface area (Å²) in [6.45, 7) is 9.99. The highest BCUT2D eigenvalue weighted by Gasteiger charge is 2.03. The molecule has 0 aliphatic carbocycles. The second kappa shape index (κ2) is 16.1. The van der Waals surface area contributed by atoms with Gasteiger partial charge in [0.25, 0.3) is 0 Å². The average Bonchev–Trinajstić information content (AvgIpc) is 3.02. The van der Waals surface area contributed by atoms with E-state index in [0.717, 1.165) is 29.9 Å². The van der Waals surface area contributed by atoms with Gasteiger partial charge in [-0.3, -0.25) is 9.59 Å². The monoisotopic (exact) mass is 544 g/mol. The van der Waals surface area contributed by atoms with Gasteiger partial charge in [-0.1, -0.05) is 91.5 Å². The lowest BCUT2D eigenvalue weighted by Crippen LogP contribution is -2.21. The Labute approximate surface area is 242 Å². The van der Waals surface area contributed by atoms with E-state index in [1.807, 2.05) is 60.7 Å². The number of hydrogen-bond acceptors (Lipinski definition) is 5. The van der Waals surface area contributed by atoms with Crippen LogP contribution in [0.3, 0.4) is 0 Å². The second-order valence-electron chi connectivity index (χ2n) is 9.05. The van der Waals surface area contributed by atoms with Gasteiger partial charge >= 0.3 is 0 Å². The Morgan fingerprint density at radius 3 is 1.98 bits per heavy atom. The molecule has 0 atom stereocenters. The summed E-state index contributed by atoms with van der Waals surface area (Å²) in [5.41, 5.74) is 5.30. The third-order valence-electron chi connectivity index (χ3n) is 6.27. The first-order chi connectivity index (χ1) is 19.9. The van der Waals surface area contributed by atoms with Gasteiger partial charge in [0.15, 0.2) is 11.6 Å². The predicted molar refractivity (Wildman–Crippen MR) is 172 cm³/mol. The summed E-state index contributed by atoms with van der Waals surface area (Å²) in [6, 6.07) is 31.5. The predicted octanol–water partition coefficient (Wildman–Crippen LogP) is 8.27. The van der Waals surface area contributed by atoms with E-state index in [0.29, 0.717) is 11.1 Å². The van der Waals surface area contributed by atoms with Crippen molar-refractivity contribution in [1.82, 2.24) is 0 Å². The van der Waals surface area contributed by atoms with Gasteiger partial charge in [-0.25, -0.2) is 0 Å². The van der Waals surface area contributed by atoms with Crippen LogP contribution in [0.15, 0.2) is 128 Å². The Morgan fingerprint density at radius 1 is 0.756 bits per heavy atom. The maximum Gasteiger partial charge on any atom is 0.187 e. The molecule has 2 N–H and O–H groups in total. The maximum absolute atomic E-state index is 12.2. The van der Waals surface area contributed by atoms with Crippen LogP contribution in [0.5, 0.6) is 5.75 Å². The van der Waals surface area contributed by atoms with Gasteiger partial charge in [-0.15, -0.1) is 0 Å². The molecule has 0 fully saturated rings. The number of nitrogens with zero attached hydrogens (tertiary/aromatic N) is 1. The summed E-state index contributed by atoms with van der Waals surface area (Å²) in [4.78, 5) is 26.2. The fourth-order valence-corrected chi connectivity index (χ4v) is 3.94. The van der Waals surface area contributed by atoms with E-state index in [-0.39, 0.29) is 17.3 Å². The zero-order chi connectivity index (χ0) is 29.5. The average molecular weight is 545 g/mol. The molecule has 0 saturated carbocycles. The molecule has 0 radical (unpaired) electrons. The normalized spacial score (nSPS) is 10.6. The number of carbonyl (C=O) groups excluding carboxylic acids is 2. The minimum Gasteiger partial charge on any atom is -0.508 e. The van der Waals surface area contributed by atoms with E-state index >= 15 is 0 Å². The zero-order valence-electron chi connectivity index (χ0n) is 23.5. The lowest BCUT2D eigenvalue weighted by molar-refractivity contribution is 0.103. The molecule has 0 spiro atoms. The number of benzene rings is 4. The van der Waals surface area contributed by atoms with E-state index in [9.17, 15) is 14.7 Å². The van der Waals surface area contributed by atoms with Gasteiger partial charge in [-0.05, 0) is 55.3 Å². The van der Waals surface area contributed by atoms with Crippen LogP contribution in [-0.4, -0.2) is 29.8 Å². The van der Waals surface area contributed by atoms with Crippen molar-refractivity contribution in [3.05, 3.63) is 150 Å². The molecule has 4 aromatic rings. The van der Waals surface area contributed by atoms with E-state index in [1.54, 1.807) is 54.8 Å². The number of anilines is 2. The van der Waals surface area contributed by atoms with E-state index in [1.165, 1.54) is 11.8 Å². The van der Waals surface area contributed by atoms with Crippen LogP contribution in [-0.2, 0) is 0 Å². The van der Waals surface area contributed by atoms with Crippen LogP contribution in [0.4, 0.5) is 11.4 Å². The molecule has 4 aromatic carbocycles. The van der Waals surface area contributed by atoms with Crippen LogP contribution in [0.25, 0.3) is 12.2 Å². The van der Waals surface area contributed by atoms with Crippen LogP contribution in [0, 0.1) is 0 Å². The topological polar surface area (TPSA) is 69.6 Å². The highest BCUT2D eigenvalue weighted by molar-refractivity contribution is 6.07. The minimum absolute atomic E-state index is 0.00781. The number of allylic oxidation sites excluding steroid dienone is 2. The van der Waals surface area contributed by atoms with Crippen molar-refractivity contribution in [1.29, 1.82) is 0 Å². The molecule has 5 nitrogen and oxygen atoms in total. The number of aromatic hydroxyl groups is 1. The highest BCUT2D eigenvalue weighted by Crippen LogP contribution is 2.17. The number of carbonyl (C=O) groups is 2. The summed E-state index contributed by atoms with van der Waals surface area (Å²) in [6.07, 6.45) is 8.26. The van der Waals surface area contributed by atoms with Gasteiger partial charge in [-0.2, -0.15) is 0 Å². The third kappa shape index (κ3) is 9.83. The molecular formula is C36H36N2O3. The van der Waals surface area contributed by atoms with E-state index < -0.39 is 0 Å². The molecule has 5 heteroatoms. The van der Waals surface area contributed by atoms with Gasteiger partial charge in [0.1, 0.15) is 5.75 Å². The Bertz CT molecular complexity index is 1470. The number of ketones is 2. The van der Waals surface area contributed by atoms with Crippen LogP contribution in [0.1, 0.15) is 45.7 Å². The first-order valence-corrected chi connectivity index (χ1v) is 13.5. The van der Waals surface area contributed by atoms with Crippen LogP contribution < -0.4 is 10.2 Å². The lowest BCUT2D eigenvalue weighted by Gasteiger charge is -2.20. The molecule has 0 heterocycles. The molecule has 4 rings (SSSR count). The summed E-state index contributed by atoms with van der Waals surface area (Å²) in [7, 11) is 0. The Kier molecular flexibility index (Phi) is 11.9. The zero-order valence-corrected chi connectivity index (χ0v) is 23.5. The van der Waals surface area contributed by atoms with Crippen LogP contribution >= 0.6 is 0 Å². The smallest absolute Gasteiger partial charge is 0.187 e. The van der Waals surface area contributed by atoms with E-state index in [2.05, 4.69) is 42.8 Å². The van der Waals surface area contributed by atoms with Crippen molar-refractivity contribution in [2.45, 2.75) is 13.8 Å². The summed E-state index contributed by atoms with van der Waals surface area (Å²) < 4.78 is 0. The Morgan fingerprint density at radius 2 is 1.37 bits per heavy atom. The molecule has 0 bridgehead atoms. The molecule has 0 aliphatic heterocycles. The second-order valence-corrected chi connectivity index (χ2v) is 9.05. The SMILES string of the molecule is C=Cc1ccc(C(=O)/C=C/c2ccc(N(CC)CC)cc2)cc1.O=C(/C=C/Nc1cccc(O)c1)c1ccccc1. The maximum atomic E-state index is 12.2. The Balaban J connectivity index is 0.000000232. The molecule has 0 saturated heterocycles. The van der Waals surface area contributed by atoms with Crippen molar-refractivity contribution >= 4 is 35.1 Å². The number of nitrogens with one attached hydrogen (secondary N) is 1. The molecule has 0 aliphatic rings. The first kappa shape index (κ1) is 30.4.